The van der Waals surface area contributed by atoms with Crippen molar-refractivity contribution in [3.05, 3.63) is 88.2 Å². The van der Waals surface area contributed by atoms with E-state index in [9.17, 15) is 14.7 Å². The molecule has 2 amide bonds. The average Bonchev–Trinajstić information content (AvgIpc) is 3.51. The number of nitrogens with one attached hydrogen (secondary N) is 2. The average molecular weight is 449 g/mol. The first-order chi connectivity index (χ1) is 15.6. The van der Waals surface area contributed by atoms with Gasteiger partial charge in [0.15, 0.2) is 0 Å². The van der Waals surface area contributed by atoms with E-state index < -0.39 is 6.10 Å². The Balaban J connectivity index is 1.36. The summed E-state index contributed by atoms with van der Waals surface area (Å²) in [5, 5.41) is 24.8. The summed E-state index contributed by atoms with van der Waals surface area (Å²) in [5.41, 5.74) is 3.15. The van der Waals surface area contributed by atoms with Gasteiger partial charge in [0.25, 0.3) is 5.91 Å². The largest absolute Gasteiger partial charge is 0.387 e. The lowest BCUT2D eigenvalue weighted by molar-refractivity contribution is -0.133. The van der Waals surface area contributed by atoms with Crippen LogP contribution in [0.3, 0.4) is 0 Å². The van der Waals surface area contributed by atoms with Gasteiger partial charge in [0, 0.05) is 30.5 Å². The molecule has 0 aliphatic carbocycles. The van der Waals surface area contributed by atoms with Crippen molar-refractivity contribution in [2.45, 2.75) is 19.1 Å². The van der Waals surface area contributed by atoms with Crippen molar-refractivity contribution in [2.24, 2.45) is 0 Å². The lowest BCUT2D eigenvalue weighted by Crippen LogP contribution is -2.36. The Morgan fingerprint density at radius 2 is 2.00 bits per heavy atom. The second-order valence-corrected chi connectivity index (χ2v) is 8.29. The quantitative estimate of drug-likeness (QED) is 0.365. The molecule has 0 saturated carbocycles. The van der Waals surface area contributed by atoms with Gasteiger partial charge >= 0.3 is 0 Å². The Hall–Kier alpha value is -3.49. The standard InChI is InChI=1S/C24H24N4O3S/c29-22(19-9-11-32-16-19)15-28(14-17-4-2-1-3-5-17)23(30)8-10-25-24(31)18-6-7-21-20(12-18)13-26-27-21/h1-7,9,11-13,16,22,29H,8,10,14-15H2,(H,25,31)(H,26,27). The summed E-state index contributed by atoms with van der Waals surface area (Å²) in [6.45, 7) is 0.794. The molecule has 2 aromatic carbocycles. The van der Waals surface area contributed by atoms with E-state index in [0.29, 0.717) is 12.1 Å². The van der Waals surface area contributed by atoms with Crippen molar-refractivity contribution in [1.82, 2.24) is 20.4 Å². The Kier molecular flexibility index (Phi) is 6.94. The highest BCUT2D eigenvalue weighted by atomic mass is 32.1. The number of aliphatic hydroxyl groups is 1. The minimum absolute atomic E-state index is 0.131. The number of carbonyl (C=O) groups is 2. The number of fused-ring (bicyclic) bond motifs is 1. The molecule has 3 N–H and O–H groups in total. The maximum absolute atomic E-state index is 13.0. The third kappa shape index (κ3) is 5.40. The van der Waals surface area contributed by atoms with Crippen LogP contribution in [0, 0.1) is 0 Å². The van der Waals surface area contributed by atoms with Crippen LogP contribution >= 0.6 is 11.3 Å². The molecule has 4 rings (SSSR count). The van der Waals surface area contributed by atoms with E-state index in [0.717, 1.165) is 22.0 Å². The maximum atomic E-state index is 13.0. The predicted molar refractivity (Wildman–Crippen MR) is 124 cm³/mol. The normalized spacial score (nSPS) is 11.9. The number of aromatic amines is 1. The number of aliphatic hydroxyl groups excluding tert-OH is 1. The van der Waals surface area contributed by atoms with Gasteiger partial charge in [-0.05, 0) is 46.2 Å². The van der Waals surface area contributed by atoms with E-state index in [-0.39, 0.29) is 31.3 Å². The number of H-pyrrole nitrogens is 1. The Morgan fingerprint density at radius 1 is 1.16 bits per heavy atom. The van der Waals surface area contributed by atoms with Gasteiger partial charge in [-0.3, -0.25) is 14.7 Å². The molecule has 32 heavy (non-hydrogen) atoms. The molecule has 0 bridgehead atoms. The highest BCUT2D eigenvalue weighted by Gasteiger charge is 2.19. The van der Waals surface area contributed by atoms with E-state index in [1.54, 1.807) is 29.3 Å². The second kappa shape index (κ2) is 10.2. The lowest BCUT2D eigenvalue weighted by Gasteiger charge is -2.25. The van der Waals surface area contributed by atoms with Crippen LogP contribution in [0.2, 0.25) is 0 Å². The number of hydrogen-bond acceptors (Lipinski definition) is 5. The van der Waals surface area contributed by atoms with Crippen LogP contribution in [0.25, 0.3) is 10.9 Å². The van der Waals surface area contributed by atoms with Crippen LogP contribution < -0.4 is 5.32 Å². The van der Waals surface area contributed by atoms with Crippen molar-refractivity contribution in [1.29, 1.82) is 0 Å². The molecule has 1 unspecified atom stereocenters. The lowest BCUT2D eigenvalue weighted by atomic mass is 10.1. The van der Waals surface area contributed by atoms with E-state index in [4.69, 9.17) is 0 Å². The van der Waals surface area contributed by atoms with Gasteiger partial charge in [-0.2, -0.15) is 16.4 Å². The zero-order valence-corrected chi connectivity index (χ0v) is 18.2. The fraction of sp³-hybridized carbons (Fsp3) is 0.208. The zero-order chi connectivity index (χ0) is 22.3. The molecular weight excluding hydrogens is 424 g/mol. The van der Waals surface area contributed by atoms with Crippen LogP contribution in [0.1, 0.15) is 34.0 Å². The van der Waals surface area contributed by atoms with E-state index >= 15 is 0 Å². The van der Waals surface area contributed by atoms with Crippen molar-refractivity contribution in [3.8, 4) is 0 Å². The molecule has 7 nitrogen and oxygen atoms in total. The molecule has 0 aliphatic heterocycles. The molecule has 0 fully saturated rings. The van der Waals surface area contributed by atoms with Gasteiger partial charge in [0.05, 0.1) is 24.4 Å². The SMILES string of the molecule is O=C(NCCC(=O)N(Cc1ccccc1)CC(O)c1ccsc1)c1ccc2[nH]ncc2c1. The number of amides is 2. The second-order valence-electron chi connectivity index (χ2n) is 7.51. The predicted octanol–water partition coefficient (Wildman–Crippen LogP) is 3.51. The molecule has 1 atom stereocenters. The number of aromatic nitrogens is 2. The van der Waals surface area contributed by atoms with E-state index in [2.05, 4.69) is 15.5 Å². The first kappa shape index (κ1) is 21.7. The number of nitrogens with zero attached hydrogens (tertiary/aromatic N) is 2. The Bertz CT molecular complexity index is 1170. The number of benzene rings is 2. The highest BCUT2D eigenvalue weighted by molar-refractivity contribution is 7.07. The molecule has 0 spiro atoms. The third-order valence-corrected chi connectivity index (χ3v) is 5.92. The fourth-order valence-electron chi connectivity index (χ4n) is 3.46. The zero-order valence-electron chi connectivity index (χ0n) is 17.4. The first-order valence-electron chi connectivity index (χ1n) is 10.3. The molecule has 0 saturated heterocycles. The van der Waals surface area contributed by atoms with Gasteiger partial charge < -0.3 is 15.3 Å². The molecule has 0 radical (unpaired) electrons. The van der Waals surface area contributed by atoms with Crippen molar-refractivity contribution in [2.75, 3.05) is 13.1 Å². The summed E-state index contributed by atoms with van der Waals surface area (Å²) >= 11 is 1.51. The summed E-state index contributed by atoms with van der Waals surface area (Å²) in [4.78, 5) is 27.1. The van der Waals surface area contributed by atoms with Crippen molar-refractivity contribution >= 4 is 34.1 Å². The van der Waals surface area contributed by atoms with E-state index in [1.807, 2.05) is 47.2 Å². The van der Waals surface area contributed by atoms with Gasteiger partial charge in [-0.25, -0.2) is 0 Å². The minimum atomic E-state index is -0.759. The number of thiophene rings is 1. The molecule has 4 aromatic rings. The molecule has 0 aliphatic rings. The summed E-state index contributed by atoms with van der Waals surface area (Å²) in [6, 6.07) is 16.8. The number of carbonyl (C=O) groups excluding carboxylic acids is 2. The monoisotopic (exact) mass is 448 g/mol. The summed E-state index contributed by atoms with van der Waals surface area (Å²) in [7, 11) is 0. The van der Waals surface area contributed by atoms with Crippen LogP contribution in [-0.4, -0.2) is 45.1 Å². The Labute approximate surface area is 189 Å². The van der Waals surface area contributed by atoms with Crippen LogP contribution in [0.15, 0.2) is 71.6 Å². The summed E-state index contributed by atoms with van der Waals surface area (Å²) in [6.07, 6.45) is 1.05. The van der Waals surface area contributed by atoms with E-state index in [1.165, 1.54) is 11.3 Å². The molecule has 164 valence electrons. The van der Waals surface area contributed by atoms with Crippen molar-refractivity contribution in [3.63, 3.8) is 0 Å². The van der Waals surface area contributed by atoms with Crippen LogP contribution in [0.4, 0.5) is 0 Å². The molecule has 2 heterocycles. The number of rotatable bonds is 9. The fourth-order valence-corrected chi connectivity index (χ4v) is 4.17. The van der Waals surface area contributed by atoms with Crippen molar-refractivity contribution < 1.29 is 14.7 Å². The van der Waals surface area contributed by atoms with Gasteiger partial charge in [-0.1, -0.05) is 30.3 Å². The van der Waals surface area contributed by atoms with Gasteiger partial charge in [-0.15, -0.1) is 0 Å². The van der Waals surface area contributed by atoms with Crippen LogP contribution in [0.5, 0.6) is 0 Å². The molecule has 2 aromatic heterocycles. The van der Waals surface area contributed by atoms with Gasteiger partial charge in [0.2, 0.25) is 5.91 Å². The third-order valence-electron chi connectivity index (χ3n) is 5.22. The maximum Gasteiger partial charge on any atom is 0.251 e. The van der Waals surface area contributed by atoms with Crippen LogP contribution in [-0.2, 0) is 11.3 Å². The first-order valence-corrected chi connectivity index (χ1v) is 11.3. The Morgan fingerprint density at radius 3 is 2.78 bits per heavy atom. The topological polar surface area (TPSA) is 98.3 Å². The molecular formula is C24H24N4O3S. The minimum Gasteiger partial charge on any atom is -0.387 e. The number of hydrogen-bond donors (Lipinski definition) is 3. The highest BCUT2D eigenvalue weighted by Crippen LogP contribution is 2.19. The smallest absolute Gasteiger partial charge is 0.251 e. The summed E-state index contributed by atoms with van der Waals surface area (Å²) < 4.78 is 0. The van der Waals surface area contributed by atoms with Gasteiger partial charge in [0.1, 0.15) is 0 Å². The summed E-state index contributed by atoms with van der Waals surface area (Å²) in [5.74, 6) is -0.373. The molecule has 8 heteroatoms.